The van der Waals surface area contributed by atoms with Crippen LogP contribution in [0, 0.1) is 0 Å². The first-order valence-electron chi connectivity index (χ1n) is 11.7. The summed E-state index contributed by atoms with van der Waals surface area (Å²) in [5.41, 5.74) is 9.80. The van der Waals surface area contributed by atoms with Crippen molar-refractivity contribution in [2.75, 3.05) is 25.6 Å². The molecule has 1 saturated heterocycles. The number of para-hydroxylation sites is 2. The number of carbonyl (C=O) groups is 2. The van der Waals surface area contributed by atoms with Crippen LogP contribution < -0.4 is 5.73 Å². The van der Waals surface area contributed by atoms with Gasteiger partial charge >= 0.3 is 11.9 Å². The summed E-state index contributed by atoms with van der Waals surface area (Å²) in [6.45, 7) is 3.11. The molecule has 2 N–H and O–H groups in total. The smallest absolute Gasteiger partial charge is 0.344 e. The third-order valence-corrected chi connectivity index (χ3v) is 5.92. The van der Waals surface area contributed by atoms with Crippen molar-refractivity contribution in [3.63, 3.8) is 0 Å². The maximum absolute atomic E-state index is 13.2. The number of nitrogens with zero attached hydrogens (tertiary/aromatic N) is 3. The SMILES string of the molecule is CCCOC(=O)c1ccc(-n2c(N)c(C(=O)OC[C@@H]3CCCO3)c3nc4ccccc4nc32)cc1. The molecule has 2 aromatic carbocycles. The Labute approximate surface area is 201 Å². The number of rotatable bonds is 7. The van der Waals surface area contributed by atoms with E-state index in [9.17, 15) is 9.59 Å². The van der Waals surface area contributed by atoms with E-state index >= 15 is 0 Å². The number of hydrogen-bond acceptors (Lipinski definition) is 8. The van der Waals surface area contributed by atoms with Gasteiger partial charge in [-0.25, -0.2) is 19.6 Å². The summed E-state index contributed by atoms with van der Waals surface area (Å²) in [5.74, 6) is -0.812. The van der Waals surface area contributed by atoms with E-state index in [1.807, 2.05) is 31.2 Å². The minimum Gasteiger partial charge on any atom is -0.462 e. The average Bonchev–Trinajstić information content (AvgIpc) is 3.50. The summed E-state index contributed by atoms with van der Waals surface area (Å²) in [6.07, 6.45) is 2.43. The minimum absolute atomic E-state index is 0.111. The number of nitrogens with two attached hydrogens (primary N) is 1. The Kier molecular flexibility index (Phi) is 6.33. The largest absolute Gasteiger partial charge is 0.462 e. The van der Waals surface area contributed by atoms with Gasteiger partial charge in [-0.1, -0.05) is 19.1 Å². The number of carbonyl (C=O) groups excluding carboxylic acids is 2. The molecule has 2 aromatic heterocycles. The molecule has 3 heterocycles. The summed E-state index contributed by atoms with van der Waals surface area (Å²) >= 11 is 0. The van der Waals surface area contributed by atoms with Crippen LogP contribution >= 0.6 is 0 Å². The highest BCUT2D eigenvalue weighted by Crippen LogP contribution is 2.32. The van der Waals surface area contributed by atoms with Crippen molar-refractivity contribution in [3.8, 4) is 5.69 Å². The molecule has 4 aromatic rings. The zero-order valence-electron chi connectivity index (χ0n) is 19.4. The summed E-state index contributed by atoms with van der Waals surface area (Å²) in [6, 6.07) is 14.2. The Bertz CT molecular complexity index is 1390. The van der Waals surface area contributed by atoms with Crippen LogP contribution in [0.15, 0.2) is 48.5 Å². The molecule has 0 unspecified atom stereocenters. The number of hydrogen-bond donors (Lipinski definition) is 1. The lowest BCUT2D eigenvalue weighted by Crippen LogP contribution is -2.18. The number of esters is 2. The first kappa shape index (κ1) is 22.8. The monoisotopic (exact) mass is 474 g/mol. The van der Waals surface area contributed by atoms with Gasteiger partial charge in [-0.3, -0.25) is 4.57 Å². The highest BCUT2D eigenvalue weighted by molar-refractivity contribution is 6.09. The van der Waals surface area contributed by atoms with Gasteiger partial charge in [-0.15, -0.1) is 0 Å². The molecule has 1 aliphatic heterocycles. The third-order valence-electron chi connectivity index (χ3n) is 5.92. The lowest BCUT2D eigenvalue weighted by atomic mass is 10.2. The Morgan fingerprint density at radius 2 is 1.80 bits per heavy atom. The van der Waals surface area contributed by atoms with Crippen LogP contribution in [0.5, 0.6) is 0 Å². The summed E-state index contributed by atoms with van der Waals surface area (Å²) in [7, 11) is 0. The van der Waals surface area contributed by atoms with Crippen molar-refractivity contribution in [2.24, 2.45) is 0 Å². The molecule has 1 atom stereocenters. The predicted octanol–water partition coefficient (Wildman–Crippen LogP) is 4.06. The van der Waals surface area contributed by atoms with Crippen LogP contribution in [0.3, 0.4) is 0 Å². The molecular weight excluding hydrogens is 448 g/mol. The Morgan fingerprint density at radius 3 is 2.49 bits per heavy atom. The molecule has 1 fully saturated rings. The fraction of sp³-hybridized carbons (Fsp3) is 0.308. The number of nitrogen functional groups attached to an aromatic ring is 1. The van der Waals surface area contributed by atoms with E-state index in [0.717, 1.165) is 19.3 Å². The van der Waals surface area contributed by atoms with Crippen molar-refractivity contribution >= 4 is 40.0 Å². The molecule has 9 nitrogen and oxygen atoms in total. The van der Waals surface area contributed by atoms with E-state index in [0.29, 0.717) is 46.7 Å². The molecular formula is C26H26N4O5. The van der Waals surface area contributed by atoms with Gasteiger partial charge in [0.1, 0.15) is 23.5 Å². The Hall–Kier alpha value is -3.98. The fourth-order valence-electron chi connectivity index (χ4n) is 4.17. The normalized spacial score (nSPS) is 15.5. The standard InChI is InChI=1S/C26H26N4O5/c1-2-13-34-25(31)16-9-11-17(12-10-16)30-23(27)21(26(32)35-15-18-6-5-14-33-18)22-24(30)29-20-8-4-3-7-19(20)28-22/h3-4,7-12,18H,2,5-6,13-15,27H2,1H3/t18-/m0/s1. The number of ether oxygens (including phenoxy) is 3. The topological polar surface area (TPSA) is 119 Å². The molecule has 0 saturated carbocycles. The van der Waals surface area contributed by atoms with Crippen molar-refractivity contribution < 1.29 is 23.8 Å². The maximum Gasteiger partial charge on any atom is 0.344 e. The second-order valence-corrected chi connectivity index (χ2v) is 8.40. The summed E-state index contributed by atoms with van der Waals surface area (Å²) < 4.78 is 18.0. The second-order valence-electron chi connectivity index (χ2n) is 8.40. The molecule has 180 valence electrons. The highest BCUT2D eigenvalue weighted by atomic mass is 16.6. The van der Waals surface area contributed by atoms with Crippen molar-refractivity contribution in [1.82, 2.24) is 14.5 Å². The number of aromatic nitrogens is 3. The predicted molar refractivity (Wildman–Crippen MR) is 131 cm³/mol. The van der Waals surface area contributed by atoms with Crippen LogP contribution in [0.2, 0.25) is 0 Å². The minimum atomic E-state index is -0.578. The van der Waals surface area contributed by atoms with Crippen LogP contribution in [0.1, 0.15) is 46.9 Å². The molecule has 35 heavy (non-hydrogen) atoms. The zero-order valence-corrected chi connectivity index (χ0v) is 19.4. The van der Waals surface area contributed by atoms with Crippen LogP contribution in [0.4, 0.5) is 5.82 Å². The van der Waals surface area contributed by atoms with E-state index in [1.165, 1.54) is 0 Å². The van der Waals surface area contributed by atoms with E-state index in [1.54, 1.807) is 28.8 Å². The summed E-state index contributed by atoms with van der Waals surface area (Å²) in [4.78, 5) is 34.8. The van der Waals surface area contributed by atoms with Gasteiger partial charge in [-0.2, -0.15) is 0 Å². The molecule has 9 heteroatoms. The quantitative estimate of drug-likeness (QED) is 0.398. The average molecular weight is 475 g/mol. The highest BCUT2D eigenvalue weighted by Gasteiger charge is 2.27. The van der Waals surface area contributed by atoms with Gasteiger partial charge in [0.05, 0.1) is 29.3 Å². The van der Waals surface area contributed by atoms with E-state index in [4.69, 9.17) is 29.9 Å². The molecule has 0 aliphatic carbocycles. The van der Waals surface area contributed by atoms with Gasteiger partial charge in [0, 0.05) is 12.3 Å². The third kappa shape index (κ3) is 4.42. The lowest BCUT2D eigenvalue weighted by Gasteiger charge is -2.11. The lowest BCUT2D eigenvalue weighted by molar-refractivity contribution is 0.0163. The maximum atomic E-state index is 13.2. The number of fused-ring (bicyclic) bond motifs is 2. The van der Waals surface area contributed by atoms with Crippen molar-refractivity contribution in [2.45, 2.75) is 32.3 Å². The number of anilines is 1. The van der Waals surface area contributed by atoms with Gasteiger partial charge in [-0.05, 0) is 55.7 Å². The van der Waals surface area contributed by atoms with E-state index < -0.39 is 11.9 Å². The fourth-order valence-corrected chi connectivity index (χ4v) is 4.17. The molecule has 0 amide bonds. The number of benzene rings is 2. The van der Waals surface area contributed by atoms with Crippen molar-refractivity contribution in [1.29, 1.82) is 0 Å². The van der Waals surface area contributed by atoms with Gasteiger partial charge in [0.2, 0.25) is 0 Å². The second kappa shape index (κ2) is 9.71. The zero-order chi connectivity index (χ0) is 24.4. The Morgan fingerprint density at radius 1 is 1.06 bits per heavy atom. The first-order chi connectivity index (χ1) is 17.1. The van der Waals surface area contributed by atoms with Crippen molar-refractivity contribution in [3.05, 3.63) is 59.7 Å². The molecule has 0 bridgehead atoms. The first-order valence-corrected chi connectivity index (χ1v) is 11.7. The molecule has 0 spiro atoms. The van der Waals surface area contributed by atoms with Gasteiger partial charge < -0.3 is 19.9 Å². The van der Waals surface area contributed by atoms with E-state index in [-0.39, 0.29) is 24.1 Å². The van der Waals surface area contributed by atoms with E-state index in [2.05, 4.69) is 0 Å². The summed E-state index contributed by atoms with van der Waals surface area (Å²) in [5, 5.41) is 0. The molecule has 1 aliphatic rings. The van der Waals surface area contributed by atoms with Crippen LogP contribution in [-0.4, -0.2) is 52.4 Å². The van der Waals surface area contributed by atoms with Gasteiger partial charge in [0.15, 0.2) is 5.65 Å². The van der Waals surface area contributed by atoms with Gasteiger partial charge in [0.25, 0.3) is 0 Å². The van der Waals surface area contributed by atoms with Crippen LogP contribution in [0.25, 0.3) is 27.9 Å². The Balaban J connectivity index is 1.57. The van der Waals surface area contributed by atoms with Crippen LogP contribution in [-0.2, 0) is 14.2 Å². The molecule has 0 radical (unpaired) electrons. The molecule has 5 rings (SSSR count).